The van der Waals surface area contributed by atoms with Crippen LogP contribution in [0.2, 0.25) is 5.15 Å². The van der Waals surface area contributed by atoms with Gasteiger partial charge in [-0.2, -0.15) is 0 Å². The summed E-state index contributed by atoms with van der Waals surface area (Å²) in [5.41, 5.74) is 2.77. The normalized spacial score (nSPS) is 12.1. The van der Waals surface area contributed by atoms with Crippen molar-refractivity contribution >= 4 is 17.6 Å². The maximum Gasteiger partial charge on any atom is 0.307 e. The number of benzene rings is 1. The van der Waals surface area contributed by atoms with Crippen molar-refractivity contribution in [3.63, 3.8) is 0 Å². The minimum absolute atomic E-state index is 0.305. The number of rotatable bonds is 5. The first-order valence-corrected chi connectivity index (χ1v) is 6.67. The topological polar surface area (TPSA) is 63.1 Å². The average molecular weight is 291 g/mol. The first kappa shape index (κ1) is 14.5. The van der Waals surface area contributed by atoms with Gasteiger partial charge in [0, 0.05) is 6.42 Å². The van der Waals surface area contributed by atoms with Gasteiger partial charge in [-0.3, -0.25) is 9.78 Å². The monoisotopic (exact) mass is 290 g/mol. The van der Waals surface area contributed by atoms with Gasteiger partial charge in [-0.25, -0.2) is 4.98 Å². The Morgan fingerprint density at radius 1 is 1.30 bits per heavy atom. The van der Waals surface area contributed by atoms with Crippen LogP contribution in [0, 0.1) is 12.8 Å². The zero-order chi connectivity index (χ0) is 14.5. The van der Waals surface area contributed by atoms with E-state index in [9.17, 15) is 9.90 Å². The minimum Gasteiger partial charge on any atom is -0.481 e. The number of hydrogen-bond donors (Lipinski definition) is 1. The predicted molar refractivity (Wildman–Crippen MR) is 76.8 cm³/mol. The number of nitrogens with zero attached hydrogens (tertiary/aromatic N) is 2. The highest BCUT2D eigenvalue weighted by atomic mass is 35.5. The molecule has 1 aromatic carbocycles. The van der Waals surface area contributed by atoms with Gasteiger partial charge in [0.15, 0.2) is 0 Å². The Hall–Kier alpha value is -1.94. The van der Waals surface area contributed by atoms with Gasteiger partial charge in [-0.1, -0.05) is 41.4 Å². The molecular formula is C15H15ClN2O2. The molecule has 1 heterocycles. The lowest BCUT2D eigenvalue weighted by atomic mass is 9.94. The number of hydrogen-bond acceptors (Lipinski definition) is 3. The molecule has 0 spiro atoms. The SMILES string of the molecule is Cc1cccc(CC(Cc2cnc(Cl)cn2)C(=O)O)c1. The maximum absolute atomic E-state index is 11.4. The van der Waals surface area contributed by atoms with Crippen LogP contribution in [0.25, 0.3) is 0 Å². The van der Waals surface area contributed by atoms with Gasteiger partial charge in [0.05, 0.1) is 24.0 Å². The lowest BCUT2D eigenvalue weighted by Gasteiger charge is -2.12. The Morgan fingerprint density at radius 2 is 2.10 bits per heavy atom. The van der Waals surface area contributed by atoms with Crippen LogP contribution < -0.4 is 0 Å². The average Bonchev–Trinajstić information content (AvgIpc) is 2.40. The van der Waals surface area contributed by atoms with E-state index in [0.717, 1.165) is 11.1 Å². The Bertz CT molecular complexity index is 599. The van der Waals surface area contributed by atoms with Crippen LogP contribution in [0.5, 0.6) is 0 Å². The van der Waals surface area contributed by atoms with Crippen LogP contribution in [0.4, 0.5) is 0 Å². The van der Waals surface area contributed by atoms with Gasteiger partial charge in [-0.05, 0) is 18.9 Å². The van der Waals surface area contributed by atoms with E-state index in [4.69, 9.17) is 11.6 Å². The number of carboxylic acid groups (broad SMARTS) is 1. The second kappa shape index (κ2) is 6.48. The van der Waals surface area contributed by atoms with E-state index in [1.54, 1.807) is 0 Å². The molecule has 5 heteroatoms. The van der Waals surface area contributed by atoms with Crippen molar-refractivity contribution in [1.82, 2.24) is 9.97 Å². The first-order valence-electron chi connectivity index (χ1n) is 6.29. The third-order valence-electron chi connectivity index (χ3n) is 3.04. The molecule has 0 fully saturated rings. The summed E-state index contributed by atoms with van der Waals surface area (Å²) in [6, 6.07) is 7.87. The van der Waals surface area contributed by atoms with Crippen molar-refractivity contribution < 1.29 is 9.90 Å². The van der Waals surface area contributed by atoms with Crippen LogP contribution in [0.15, 0.2) is 36.7 Å². The molecule has 0 aliphatic rings. The van der Waals surface area contributed by atoms with Crippen LogP contribution in [0.3, 0.4) is 0 Å². The van der Waals surface area contributed by atoms with Crippen molar-refractivity contribution in [2.24, 2.45) is 5.92 Å². The molecule has 20 heavy (non-hydrogen) atoms. The molecule has 2 aromatic rings. The van der Waals surface area contributed by atoms with E-state index in [1.165, 1.54) is 12.4 Å². The zero-order valence-electron chi connectivity index (χ0n) is 11.1. The second-order valence-electron chi connectivity index (χ2n) is 4.76. The Morgan fingerprint density at radius 3 is 2.70 bits per heavy atom. The molecule has 0 radical (unpaired) electrons. The van der Waals surface area contributed by atoms with Crippen molar-refractivity contribution in [3.8, 4) is 0 Å². The summed E-state index contributed by atoms with van der Waals surface area (Å²) < 4.78 is 0. The fourth-order valence-electron chi connectivity index (χ4n) is 2.07. The van der Waals surface area contributed by atoms with Crippen molar-refractivity contribution in [2.45, 2.75) is 19.8 Å². The Kier molecular flexibility index (Phi) is 4.69. The molecule has 0 aliphatic carbocycles. The number of carbonyl (C=O) groups is 1. The number of halogens is 1. The van der Waals surface area contributed by atoms with Gasteiger partial charge in [0.1, 0.15) is 5.15 Å². The summed E-state index contributed by atoms with van der Waals surface area (Å²) in [4.78, 5) is 19.4. The fraction of sp³-hybridized carbons (Fsp3) is 0.267. The van der Waals surface area contributed by atoms with Crippen LogP contribution in [-0.2, 0) is 17.6 Å². The van der Waals surface area contributed by atoms with Crippen LogP contribution in [0.1, 0.15) is 16.8 Å². The molecular weight excluding hydrogens is 276 g/mol. The third kappa shape index (κ3) is 4.03. The van der Waals surface area contributed by atoms with E-state index in [1.807, 2.05) is 31.2 Å². The lowest BCUT2D eigenvalue weighted by Crippen LogP contribution is -2.19. The summed E-state index contributed by atoms with van der Waals surface area (Å²) in [7, 11) is 0. The molecule has 1 N–H and O–H groups in total. The maximum atomic E-state index is 11.4. The summed E-state index contributed by atoms with van der Waals surface area (Å²) in [5.74, 6) is -1.35. The smallest absolute Gasteiger partial charge is 0.307 e. The lowest BCUT2D eigenvalue weighted by molar-refractivity contribution is -0.141. The molecule has 1 atom stereocenters. The number of aliphatic carboxylic acids is 1. The zero-order valence-corrected chi connectivity index (χ0v) is 11.8. The predicted octanol–water partition coefficient (Wildman–Crippen LogP) is 2.92. The van der Waals surface area contributed by atoms with E-state index in [-0.39, 0.29) is 0 Å². The summed E-state index contributed by atoms with van der Waals surface area (Å²) in [5, 5.41) is 9.65. The molecule has 1 aromatic heterocycles. The fourth-order valence-corrected chi connectivity index (χ4v) is 2.16. The highest BCUT2D eigenvalue weighted by molar-refractivity contribution is 6.29. The summed E-state index contributed by atoms with van der Waals surface area (Å²) >= 11 is 5.67. The first-order chi connectivity index (χ1) is 9.54. The second-order valence-corrected chi connectivity index (χ2v) is 5.15. The van der Waals surface area contributed by atoms with E-state index >= 15 is 0 Å². The quantitative estimate of drug-likeness (QED) is 0.919. The molecule has 2 rings (SSSR count). The molecule has 1 unspecified atom stereocenters. The minimum atomic E-state index is -0.830. The van der Waals surface area contributed by atoms with Gasteiger partial charge in [-0.15, -0.1) is 0 Å². The number of aromatic nitrogens is 2. The molecule has 0 aliphatic heterocycles. The van der Waals surface area contributed by atoms with E-state index in [0.29, 0.717) is 23.7 Å². The number of aryl methyl sites for hydroxylation is 1. The van der Waals surface area contributed by atoms with Gasteiger partial charge < -0.3 is 5.11 Å². The standard InChI is InChI=1S/C15H15ClN2O2/c1-10-3-2-4-11(5-10)6-12(15(19)20)7-13-8-18-14(16)9-17-13/h2-5,8-9,12H,6-7H2,1H3,(H,19,20). The molecule has 4 nitrogen and oxygen atoms in total. The van der Waals surface area contributed by atoms with Gasteiger partial charge in [0.2, 0.25) is 0 Å². The van der Waals surface area contributed by atoms with Crippen LogP contribution >= 0.6 is 11.6 Å². The number of carboxylic acids is 1. The molecule has 104 valence electrons. The van der Waals surface area contributed by atoms with Crippen molar-refractivity contribution in [2.75, 3.05) is 0 Å². The largest absolute Gasteiger partial charge is 0.481 e. The molecule has 0 amide bonds. The molecule has 0 saturated heterocycles. The Balaban J connectivity index is 2.11. The van der Waals surface area contributed by atoms with Gasteiger partial charge >= 0.3 is 5.97 Å². The summed E-state index contributed by atoms with van der Waals surface area (Å²) in [6.45, 7) is 1.99. The Labute approximate surface area is 122 Å². The van der Waals surface area contributed by atoms with E-state index < -0.39 is 11.9 Å². The molecule has 0 bridgehead atoms. The summed E-state index contributed by atoms with van der Waals surface area (Å²) in [6.07, 6.45) is 3.77. The molecule has 0 saturated carbocycles. The highest BCUT2D eigenvalue weighted by Gasteiger charge is 2.19. The van der Waals surface area contributed by atoms with Gasteiger partial charge in [0.25, 0.3) is 0 Å². The van der Waals surface area contributed by atoms with Crippen molar-refractivity contribution in [1.29, 1.82) is 0 Å². The van der Waals surface area contributed by atoms with Crippen LogP contribution in [-0.4, -0.2) is 21.0 Å². The van der Waals surface area contributed by atoms with E-state index in [2.05, 4.69) is 9.97 Å². The highest BCUT2D eigenvalue weighted by Crippen LogP contribution is 2.15. The third-order valence-corrected chi connectivity index (χ3v) is 3.24. The van der Waals surface area contributed by atoms with Crippen molar-refractivity contribution in [3.05, 3.63) is 58.6 Å².